The fourth-order valence-electron chi connectivity index (χ4n) is 3.23. The molecule has 1 aliphatic heterocycles. The summed E-state index contributed by atoms with van der Waals surface area (Å²) in [5.41, 5.74) is 0.0558. The number of likely N-dealkylation sites (tertiary alicyclic amines) is 1. The van der Waals surface area contributed by atoms with E-state index in [1.807, 2.05) is 0 Å². The van der Waals surface area contributed by atoms with E-state index in [0.717, 1.165) is 12.1 Å². The Morgan fingerprint density at radius 3 is 2.43 bits per heavy atom. The number of nitrogens with zero attached hydrogens (tertiary/aromatic N) is 2. The largest absolute Gasteiger partial charge is 0.465 e. The molecule has 0 aliphatic carbocycles. The van der Waals surface area contributed by atoms with Crippen LogP contribution in [0.3, 0.4) is 0 Å². The van der Waals surface area contributed by atoms with Crippen LogP contribution in [0.15, 0.2) is 48.5 Å². The number of halogens is 4. The first-order chi connectivity index (χ1) is 14.2. The van der Waals surface area contributed by atoms with Crippen molar-refractivity contribution in [2.45, 2.75) is 25.3 Å². The van der Waals surface area contributed by atoms with Crippen molar-refractivity contribution in [1.29, 1.82) is 0 Å². The Balaban J connectivity index is 1.92. The Kier molecular flexibility index (Phi) is 6.28. The molecular formula is C21H20F4N2O3. The number of ether oxygens (including phenoxy) is 1. The monoisotopic (exact) mass is 424 g/mol. The minimum absolute atomic E-state index is 0.0466. The average Bonchev–Trinajstić information content (AvgIpc) is 3.17. The summed E-state index contributed by atoms with van der Waals surface area (Å²) in [6.45, 7) is 0.0430. The third-order valence-corrected chi connectivity index (χ3v) is 4.83. The highest BCUT2D eigenvalue weighted by Gasteiger charge is 2.33. The molecule has 0 aromatic heterocycles. The summed E-state index contributed by atoms with van der Waals surface area (Å²) in [4.78, 5) is 27.1. The van der Waals surface area contributed by atoms with Gasteiger partial charge in [-0.1, -0.05) is 18.2 Å². The van der Waals surface area contributed by atoms with Crippen molar-refractivity contribution in [2.24, 2.45) is 0 Å². The van der Waals surface area contributed by atoms with Crippen LogP contribution < -0.4 is 4.90 Å². The molecule has 2 amide bonds. The molecule has 0 unspecified atom stereocenters. The molecule has 1 aliphatic rings. The summed E-state index contributed by atoms with van der Waals surface area (Å²) in [5, 5.41) is 0. The van der Waals surface area contributed by atoms with Gasteiger partial charge in [0.15, 0.2) is 0 Å². The molecule has 1 saturated heterocycles. The number of carbonyl (C=O) groups excluding carboxylic acids is 2. The predicted octanol–water partition coefficient (Wildman–Crippen LogP) is 4.66. The number of benzene rings is 2. The number of alkyl halides is 4. The van der Waals surface area contributed by atoms with Crippen LogP contribution in [0.2, 0.25) is 0 Å². The molecule has 1 heterocycles. The first-order valence-electron chi connectivity index (χ1n) is 9.24. The van der Waals surface area contributed by atoms with Crippen LogP contribution in [0.4, 0.5) is 28.0 Å². The standard InChI is InChI=1S/C21H20F4N2O3/c1-30-19(28)15-7-5-14(6-8-15)12-27(20(29)26-10-9-17(22)13-26)18-4-2-3-16(11-18)21(23,24)25/h2-8,11,17H,9-10,12-13H2,1H3/t17-/m0/s1. The van der Waals surface area contributed by atoms with Gasteiger partial charge in [-0.2, -0.15) is 13.2 Å². The number of carbonyl (C=O) groups is 2. The zero-order valence-corrected chi connectivity index (χ0v) is 16.2. The lowest BCUT2D eigenvalue weighted by atomic mass is 10.1. The molecule has 30 heavy (non-hydrogen) atoms. The zero-order valence-electron chi connectivity index (χ0n) is 16.2. The maximum atomic E-state index is 13.6. The van der Waals surface area contributed by atoms with Crippen LogP contribution >= 0.6 is 0 Å². The predicted molar refractivity (Wildman–Crippen MR) is 102 cm³/mol. The summed E-state index contributed by atoms with van der Waals surface area (Å²) in [6.07, 6.45) is -5.53. The second-order valence-electron chi connectivity index (χ2n) is 6.94. The van der Waals surface area contributed by atoms with Crippen molar-refractivity contribution in [3.63, 3.8) is 0 Å². The van der Waals surface area contributed by atoms with Crippen LogP contribution in [0.5, 0.6) is 0 Å². The molecule has 2 aromatic carbocycles. The van der Waals surface area contributed by atoms with E-state index >= 15 is 0 Å². The summed E-state index contributed by atoms with van der Waals surface area (Å²) >= 11 is 0. The van der Waals surface area contributed by atoms with E-state index < -0.39 is 29.9 Å². The van der Waals surface area contributed by atoms with Crippen LogP contribution in [-0.2, 0) is 17.5 Å². The van der Waals surface area contributed by atoms with E-state index in [1.165, 1.54) is 41.2 Å². The van der Waals surface area contributed by atoms with Gasteiger partial charge in [-0.15, -0.1) is 0 Å². The Morgan fingerprint density at radius 2 is 1.87 bits per heavy atom. The van der Waals surface area contributed by atoms with Gasteiger partial charge in [0, 0.05) is 12.2 Å². The van der Waals surface area contributed by atoms with Crippen molar-refractivity contribution in [1.82, 2.24) is 4.90 Å². The summed E-state index contributed by atoms with van der Waals surface area (Å²) < 4.78 is 57.7. The van der Waals surface area contributed by atoms with Gasteiger partial charge >= 0.3 is 18.2 Å². The van der Waals surface area contributed by atoms with Crippen LogP contribution in [0.1, 0.15) is 27.9 Å². The molecule has 5 nitrogen and oxygen atoms in total. The topological polar surface area (TPSA) is 49.9 Å². The number of hydrogen-bond donors (Lipinski definition) is 0. The van der Waals surface area contributed by atoms with Crippen molar-refractivity contribution in [3.8, 4) is 0 Å². The maximum Gasteiger partial charge on any atom is 0.416 e. The van der Waals surface area contributed by atoms with Crippen molar-refractivity contribution in [3.05, 3.63) is 65.2 Å². The van der Waals surface area contributed by atoms with Crippen molar-refractivity contribution in [2.75, 3.05) is 25.1 Å². The molecule has 0 bridgehead atoms. The average molecular weight is 424 g/mol. The first kappa shape index (κ1) is 21.6. The quantitative estimate of drug-likeness (QED) is 0.530. The molecular weight excluding hydrogens is 404 g/mol. The Labute approximate surface area is 170 Å². The number of amides is 2. The minimum Gasteiger partial charge on any atom is -0.465 e. The normalized spacial score (nSPS) is 16.4. The minimum atomic E-state index is -4.56. The summed E-state index contributed by atoms with van der Waals surface area (Å²) in [7, 11) is 1.25. The summed E-state index contributed by atoms with van der Waals surface area (Å²) in [5.74, 6) is -0.529. The lowest BCUT2D eigenvalue weighted by molar-refractivity contribution is -0.137. The fourth-order valence-corrected chi connectivity index (χ4v) is 3.23. The highest BCUT2D eigenvalue weighted by atomic mass is 19.4. The number of methoxy groups -OCH3 is 1. The van der Waals surface area contributed by atoms with Gasteiger partial charge in [-0.3, -0.25) is 4.90 Å². The third-order valence-electron chi connectivity index (χ3n) is 4.83. The third kappa shape index (κ3) is 4.90. The maximum absolute atomic E-state index is 13.6. The molecule has 1 atom stereocenters. The van der Waals surface area contributed by atoms with Gasteiger partial charge < -0.3 is 9.64 Å². The van der Waals surface area contributed by atoms with Crippen LogP contribution in [-0.4, -0.2) is 43.3 Å². The van der Waals surface area contributed by atoms with Gasteiger partial charge in [-0.05, 0) is 42.3 Å². The first-order valence-corrected chi connectivity index (χ1v) is 9.24. The second kappa shape index (κ2) is 8.73. The molecule has 0 spiro atoms. The summed E-state index contributed by atoms with van der Waals surface area (Å²) in [6, 6.07) is 10.0. The van der Waals surface area contributed by atoms with Crippen molar-refractivity contribution >= 4 is 17.7 Å². The molecule has 0 saturated carbocycles. The molecule has 0 radical (unpaired) electrons. The molecule has 2 aromatic rings. The number of urea groups is 1. The van der Waals surface area contributed by atoms with E-state index in [4.69, 9.17) is 0 Å². The molecule has 160 valence electrons. The van der Waals surface area contributed by atoms with Gasteiger partial charge in [0.25, 0.3) is 0 Å². The smallest absolute Gasteiger partial charge is 0.416 e. The van der Waals surface area contributed by atoms with Crippen LogP contribution in [0, 0.1) is 0 Å². The van der Waals surface area contributed by atoms with E-state index in [1.54, 1.807) is 12.1 Å². The van der Waals surface area contributed by atoms with Gasteiger partial charge in [0.2, 0.25) is 0 Å². The van der Waals surface area contributed by atoms with E-state index in [-0.39, 0.29) is 31.7 Å². The highest BCUT2D eigenvalue weighted by Crippen LogP contribution is 2.32. The number of hydrogen-bond acceptors (Lipinski definition) is 3. The van der Waals surface area contributed by atoms with Crippen LogP contribution in [0.25, 0.3) is 0 Å². The van der Waals surface area contributed by atoms with Gasteiger partial charge in [0.1, 0.15) is 6.17 Å². The van der Waals surface area contributed by atoms with Gasteiger partial charge in [0.05, 0.1) is 31.3 Å². The van der Waals surface area contributed by atoms with E-state index in [9.17, 15) is 27.2 Å². The molecule has 9 heteroatoms. The van der Waals surface area contributed by atoms with E-state index in [2.05, 4.69) is 4.74 Å². The van der Waals surface area contributed by atoms with Gasteiger partial charge in [-0.25, -0.2) is 14.0 Å². The Morgan fingerprint density at radius 1 is 1.17 bits per heavy atom. The highest BCUT2D eigenvalue weighted by molar-refractivity contribution is 5.92. The molecule has 1 fully saturated rings. The number of rotatable bonds is 4. The molecule has 0 N–H and O–H groups in total. The van der Waals surface area contributed by atoms with E-state index in [0.29, 0.717) is 11.1 Å². The number of esters is 1. The SMILES string of the molecule is COC(=O)c1ccc(CN(C(=O)N2CC[C@H](F)C2)c2cccc(C(F)(F)F)c2)cc1. The number of anilines is 1. The lowest BCUT2D eigenvalue weighted by Crippen LogP contribution is -2.42. The lowest BCUT2D eigenvalue weighted by Gasteiger charge is -2.28. The Hall–Kier alpha value is -3.10. The Bertz CT molecular complexity index is 915. The second-order valence-corrected chi connectivity index (χ2v) is 6.94. The fraction of sp³-hybridized carbons (Fsp3) is 0.333. The van der Waals surface area contributed by atoms with Crippen molar-refractivity contribution < 1.29 is 31.9 Å². The zero-order chi connectivity index (χ0) is 21.9. The molecule has 3 rings (SSSR count).